The van der Waals surface area contributed by atoms with E-state index in [9.17, 15) is 4.79 Å². The van der Waals surface area contributed by atoms with Crippen molar-refractivity contribution < 1.29 is 19.5 Å². The molecule has 0 spiro atoms. The Kier molecular flexibility index (Phi) is 7.02. The largest absolute Gasteiger partial charge is 0.480 e. The van der Waals surface area contributed by atoms with Crippen molar-refractivity contribution in [1.29, 1.82) is 0 Å². The maximum atomic E-state index is 9.92. The zero-order chi connectivity index (χ0) is 8.53. The summed E-state index contributed by atoms with van der Waals surface area (Å²) in [6, 6.07) is 0. The molecule has 0 amide bonds. The van der Waals surface area contributed by atoms with Crippen LogP contribution in [-0.4, -0.2) is 30.9 Å². The summed E-state index contributed by atoms with van der Waals surface area (Å²) in [5.41, 5.74) is 0. The molecule has 0 fully saturated rings. The molecular formula is C6H13NO4. The van der Waals surface area contributed by atoms with E-state index in [0.717, 1.165) is 12.8 Å². The second kappa shape index (κ2) is 7.46. The highest BCUT2D eigenvalue weighted by atomic mass is 16.6. The molecule has 0 saturated heterocycles. The minimum atomic E-state index is -0.944. The Morgan fingerprint density at radius 1 is 1.36 bits per heavy atom. The van der Waals surface area contributed by atoms with Crippen molar-refractivity contribution in [3.63, 3.8) is 0 Å². The lowest BCUT2D eigenvalue weighted by molar-refractivity contribution is -0.142. The summed E-state index contributed by atoms with van der Waals surface area (Å²) in [7, 11) is 0. The van der Waals surface area contributed by atoms with Gasteiger partial charge in [-0.1, -0.05) is 0 Å². The lowest BCUT2D eigenvalue weighted by Crippen LogP contribution is -2.08. The van der Waals surface area contributed by atoms with Gasteiger partial charge in [-0.25, -0.2) is 10.7 Å². The predicted octanol–water partition coefficient (Wildman–Crippen LogP) is -0.242. The maximum Gasteiger partial charge on any atom is 0.329 e. The van der Waals surface area contributed by atoms with Crippen LogP contribution in [-0.2, 0) is 14.4 Å². The van der Waals surface area contributed by atoms with Crippen LogP contribution in [0, 0.1) is 0 Å². The molecule has 3 N–H and O–H groups in total. The summed E-state index contributed by atoms with van der Waals surface area (Å²) in [5, 5.41) is 8.15. The first-order valence-corrected chi connectivity index (χ1v) is 3.38. The molecule has 0 heterocycles. The highest BCUT2D eigenvalue weighted by Gasteiger charge is 1.94. The SMILES string of the molecule is NOCCCCOCC(=O)O. The average Bonchev–Trinajstić information content (AvgIpc) is 1.96. The van der Waals surface area contributed by atoms with Gasteiger partial charge in [0.1, 0.15) is 6.61 Å². The predicted molar refractivity (Wildman–Crippen MR) is 37.8 cm³/mol. The Bertz CT molecular complexity index is 107. The van der Waals surface area contributed by atoms with E-state index in [1.54, 1.807) is 0 Å². The number of nitrogens with two attached hydrogens (primary N) is 1. The van der Waals surface area contributed by atoms with Crippen molar-refractivity contribution in [2.45, 2.75) is 12.8 Å². The lowest BCUT2D eigenvalue weighted by atomic mass is 10.3. The fourth-order valence-corrected chi connectivity index (χ4v) is 0.549. The van der Waals surface area contributed by atoms with Crippen LogP contribution >= 0.6 is 0 Å². The molecule has 66 valence electrons. The zero-order valence-corrected chi connectivity index (χ0v) is 6.28. The van der Waals surface area contributed by atoms with Crippen LogP contribution in [0.5, 0.6) is 0 Å². The third-order valence-corrected chi connectivity index (χ3v) is 1.03. The van der Waals surface area contributed by atoms with E-state index >= 15 is 0 Å². The molecule has 0 radical (unpaired) electrons. The van der Waals surface area contributed by atoms with Gasteiger partial charge in [-0.3, -0.25) is 0 Å². The first-order chi connectivity index (χ1) is 5.27. The van der Waals surface area contributed by atoms with Crippen LogP contribution < -0.4 is 5.90 Å². The molecule has 0 saturated carbocycles. The van der Waals surface area contributed by atoms with E-state index in [4.69, 9.17) is 15.7 Å². The smallest absolute Gasteiger partial charge is 0.329 e. The number of aliphatic carboxylic acids is 1. The molecule has 0 rings (SSSR count). The van der Waals surface area contributed by atoms with Crippen LogP contribution in [0.15, 0.2) is 0 Å². The summed E-state index contributed by atoms with van der Waals surface area (Å²) in [4.78, 5) is 14.2. The number of rotatable bonds is 7. The van der Waals surface area contributed by atoms with Crippen molar-refractivity contribution in [2.75, 3.05) is 19.8 Å². The maximum absolute atomic E-state index is 9.92. The molecule has 0 aliphatic rings. The topological polar surface area (TPSA) is 81.8 Å². The van der Waals surface area contributed by atoms with Crippen LogP contribution in [0.1, 0.15) is 12.8 Å². The minimum absolute atomic E-state index is 0.233. The Hall–Kier alpha value is -0.650. The Morgan fingerprint density at radius 3 is 2.55 bits per heavy atom. The fourth-order valence-electron chi connectivity index (χ4n) is 0.549. The number of carbonyl (C=O) groups is 1. The molecule has 0 aliphatic heterocycles. The van der Waals surface area contributed by atoms with Gasteiger partial charge in [0.15, 0.2) is 0 Å². The molecule has 0 unspecified atom stereocenters. The molecule has 0 aromatic rings. The van der Waals surface area contributed by atoms with Crippen LogP contribution in [0.3, 0.4) is 0 Å². The van der Waals surface area contributed by atoms with Gasteiger partial charge in [0.2, 0.25) is 0 Å². The third-order valence-electron chi connectivity index (χ3n) is 1.03. The summed E-state index contributed by atoms with van der Waals surface area (Å²) < 4.78 is 4.75. The Morgan fingerprint density at radius 2 is 2.00 bits per heavy atom. The van der Waals surface area contributed by atoms with E-state index in [0.29, 0.717) is 13.2 Å². The Balaban J connectivity index is 2.85. The van der Waals surface area contributed by atoms with Gasteiger partial charge < -0.3 is 14.7 Å². The molecule has 0 atom stereocenters. The van der Waals surface area contributed by atoms with Gasteiger partial charge in [-0.15, -0.1) is 0 Å². The second-order valence-corrected chi connectivity index (χ2v) is 2.02. The van der Waals surface area contributed by atoms with E-state index in [1.807, 2.05) is 0 Å². The van der Waals surface area contributed by atoms with Crippen LogP contribution in [0.2, 0.25) is 0 Å². The quantitative estimate of drug-likeness (QED) is 0.400. The molecule has 0 aliphatic carbocycles. The highest BCUT2D eigenvalue weighted by Crippen LogP contribution is 1.89. The first-order valence-electron chi connectivity index (χ1n) is 3.38. The second-order valence-electron chi connectivity index (χ2n) is 2.02. The van der Waals surface area contributed by atoms with E-state index in [1.165, 1.54) is 0 Å². The van der Waals surface area contributed by atoms with Crippen molar-refractivity contribution in [3.05, 3.63) is 0 Å². The van der Waals surface area contributed by atoms with E-state index in [-0.39, 0.29) is 6.61 Å². The number of carboxylic acid groups (broad SMARTS) is 1. The normalized spacial score (nSPS) is 9.91. The van der Waals surface area contributed by atoms with Crippen molar-refractivity contribution >= 4 is 5.97 Å². The van der Waals surface area contributed by atoms with Crippen molar-refractivity contribution in [3.8, 4) is 0 Å². The molecule has 0 aromatic carbocycles. The van der Waals surface area contributed by atoms with E-state index in [2.05, 4.69) is 4.84 Å². The summed E-state index contributed by atoms with van der Waals surface area (Å²) >= 11 is 0. The van der Waals surface area contributed by atoms with Crippen LogP contribution in [0.25, 0.3) is 0 Å². The lowest BCUT2D eigenvalue weighted by Gasteiger charge is -1.99. The van der Waals surface area contributed by atoms with Gasteiger partial charge in [0.25, 0.3) is 0 Å². The molecule has 5 heteroatoms. The highest BCUT2D eigenvalue weighted by molar-refractivity contribution is 5.67. The summed E-state index contributed by atoms with van der Waals surface area (Å²) in [6.45, 7) is 0.690. The van der Waals surface area contributed by atoms with Gasteiger partial charge in [-0.2, -0.15) is 0 Å². The van der Waals surface area contributed by atoms with E-state index < -0.39 is 5.97 Å². The zero-order valence-electron chi connectivity index (χ0n) is 6.28. The summed E-state index contributed by atoms with van der Waals surface area (Å²) in [6.07, 6.45) is 1.56. The number of hydrogen-bond donors (Lipinski definition) is 2. The molecule has 5 nitrogen and oxygen atoms in total. The number of ether oxygens (including phenoxy) is 1. The Labute approximate surface area is 65.0 Å². The van der Waals surface area contributed by atoms with Gasteiger partial charge >= 0.3 is 5.97 Å². The number of hydrogen-bond acceptors (Lipinski definition) is 4. The number of carboxylic acids is 1. The van der Waals surface area contributed by atoms with Crippen molar-refractivity contribution in [1.82, 2.24) is 0 Å². The molecule has 0 bridgehead atoms. The average molecular weight is 163 g/mol. The minimum Gasteiger partial charge on any atom is -0.480 e. The van der Waals surface area contributed by atoms with Gasteiger partial charge in [-0.05, 0) is 12.8 Å². The third kappa shape index (κ3) is 9.35. The monoisotopic (exact) mass is 163 g/mol. The standard InChI is InChI=1S/C6H13NO4/c7-11-4-2-1-3-10-5-6(8)9/h1-5,7H2,(H,8,9). The van der Waals surface area contributed by atoms with Crippen LogP contribution in [0.4, 0.5) is 0 Å². The van der Waals surface area contributed by atoms with Gasteiger partial charge in [0, 0.05) is 6.61 Å². The molecule has 11 heavy (non-hydrogen) atoms. The van der Waals surface area contributed by atoms with Gasteiger partial charge in [0.05, 0.1) is 6.61 Å². The first kappa shape index (κ1) is 10.3. The molecule has 0 aromatic heterocycles. The molecular weight excluding hydrogens is 150 g/mol. The number of unbranched alkanes of at least 4 members (excludes halogenated alkanes) is 1. The van der Waals surface area contributed by atoms with Crippen molar-refractivity contribution in [2.24, 2.45) is 5.90 Å². The fraction of sp³-hybridized carbons (Fsp3) is 0.833. The summed E-state index contributed by atoms with van der Waals surface area (Å²) in [5.74, 6) is 3.81.